The van der Waals surface area contributed by atoms with Crippen LogP contribution in [0.1, 0.15) is 6.92 Å². The number of azide groups is 1. The minimum Gasteiger partial charge on any atom is -0.461 e. The molecule has 2 aliphatic rings. The third kappa shape index (κ3) is 5.26. The van der Waals surface area contributed by atoms with Gasteiger partial charge in [0.05, 0.1) is 31.8 Å². The van der Waals surface area contributed by atoms with Gasteiger partial charge in [0.25, 0.3) is 0 Å². The molecule has 3 atom stereocenters. The Hall–Kier alpha value is -1.52. The summed E-state index contributed by atoms with van der Waals surface area (Å²) in [6.07, 6.45) is -0.791. The standard InChI is InChI=1S/C16H26N4O5SSi/c1-10(21)12-14(22)20-13(16(23)25-7-8-27(2,3)4)11(26-15(12)20)9-24-6-5-18-19-17/h10,12,15,21H,5-9H2,1-4H3/t10?,12?,15-/m1/s1. The van der Waals surface area contributed by atoms with Crippen LogP contribution in [0.15, 0.2) is 15.7 Å². The number of ether oxygens (including phenoxy) is 2. The summed E-state index contributed by atoms with van der Waals surface area (Å²) in [6.45, 7) is 8.99. The highest BCUT2D eigenvalue weighted by molar-refractivity contribution is 8.04. The van der Waals surface area contributed by atoms with E-state index in [-0.39, 0.29) is 36.7 Å². The SMILES string of the molecule is CC(O)C1C(=O)N2C(C(=O)OCC[Si](C)(C)C)=C(COCCN=[N+]=[N-])S[C@H]12. The van der Waals surface area contributed by atoms with Crippen molar-refractivity contribution in [3.8, 4) is 0 Å². The van der Waals surface area contributed by atoms with E-state index in [1.807, 2.05) is 0 Å². The molecule has 2 heterocycles. The summed E-state index contributed by atoms with van der Waals surface area (Å²) >= 11 is 1.34. The second kappa shape index (κ2) is 9.11. The van der Waals surface area contributed by atoms with E-state index < -0.39 is 26.1 Å². The van der Waals surface area contributed by atoms with Crippen LogP contribution >= 0.6 is 11.8 Å². The van der Waals surface area contributed by atoms with Gasteiger partial charge in [-0.3, -0.25) is 9.69 Å². The predicted molar refractivity (Wildman–Crippen MR) is 104 cm³/mol. The zero-order valence-corrected chi connectivity index (χ0v) is 17.9. The van der Waals surface area contributed by atoms with Crippen LogP contribution in [0.3, 0.4) is 0 Å². The van der Waals surface area contributed by atoms with Gasteiger partial charge in [0.1, 0.15) is 11.1 Å². The van der Waals surface area contributed by atoms with E-state index in [1.54, 1.807) is 6.92 Å². The summed E-state index contributed by atoms with van der Waals surface area (Å²) < 4.78 is 10.9. The Kier molecular flexibility index (Phi) is 7.35. The normalized spacial score (nSPS) is 22.9. The number of β-lactam (4-membered cyclic amide) rings is 1. The lowest BCUT2D eigenvalue weighted by atomic mass is 9.92. The first-order chi connectivity index (χ1) is 12.7. The number of carbonyl (C=O) groups is 2. The van der Waals surface area contributed by atoms with Crippen LogP contribution in [0, 0.1) is 5.92 Å². The zero-order valence-electron chi connectivity index (χ0n) is 16.0. The first kappa shape index (κ1) is 21.8. The number of rotatable bonds is 10. The first-order valence-corrected chi connectivity index (χ1v) is 13.4. The van der Waals surface area contributed by atoms with E-state index in [1.165, 1.54) is 16.7 Å². The zero-order chi connectivity index (χ0) is 20.2. The number of thioether (sulfide) groups is 1. The molecule has 0 radical (unpaired) electrons. The van der Waals surface area contributed by atoms with Gasteiger partial charge in [-0.2, -0.15) is 0 Å². The van der Waals surface area contributed by atoms with E-state index >= 15 is 0 Å². The van der Waals surface area contributed by atoms with Crippen LogP contribution in [0.4, 0.5) is 0 Å². The van der Waals surface area contributed by atoms with Gasteiger partial charge in [0.2, 0.25) is 5.91 Å². The molecule has 2 rings (SSSR count). The average molecular weight is 415 g/mol. The highest BCUT2D eigenvalue weighted by Gasteiger charge is 2.57. The number of nitrogens with zero attached hydrogens (tertiary/aromatic N) is 4. The molecule has 9 nitrogen and oxygen atoms in total. The van der Waals surface area contributed by atoms with Gasteiger partial charge in [0, 0.05) is 24.4 Å². The minimum absolute atomic E-state index is 0.122. The fourth-order valence-electron chi connectivity index (χ4n) is 2.78. The molecular weight excluding hydrogens is 388 g/mol. The van der Waals surface area contributed by atoms with E-state index in [0.717, 1.165) is 6.04 Å². The summed E-state index contributed by atoms with van der Waals surface area (Å²) in [5.74, 6) is -1.35. The Morgan fingerprint density at radius 1 is 1.44 bits per heavy atom. The summed E-state index contributed by atoms with van der Waals surface area (Å²) in [7, 11) is -1.35. The van der Waals surface area contributed by atoms with E-state index in [4.69, 9.17) is 15.0 Å². The van der Waals surface area contributed by atoms with Crippen molar-refractivity contribution in [3.05, 3.63) is 21.0 Å². The molecule has 150 valence electrons. The van der Waals surface area contributed by atoms with Crippen molar-refractivity contribution < 1.29 is 24.2 Å². The summed E-state index contributed by atoms with van der Waals surface area (Å²) in [4.78, 5) is 29.7. The van der Waals surface area contributed by atoms with Crippen molar-refractivity contribution >= 4 is 31.7 Å². The van der Waals surface area contributed by atoms with Crippen molar-refractivity contribution in [2.75, 3.05) is 26.4 Å². The highest BCUT2D eigenvalue weighted by atomic mass is 32.2. The fourth-order valence-corrected chi connectivity index (χ4v) is 5.03. The van der Waals surface area contributed by atoms with Gasteiger partial charge in [-0.15, -0.1) is 0 Å². The number of carbonyl (C=O) groups excluding carboxylic acids is 2. The smallest absolute Gasteiger partial charge is 0.355 e. The van der Waals surface area contributed by atoms with Crippen molar-refractivity contribution in [2.24, 2.45) is 11.0 Å². The lowest BCUT2D eigenvalue weighted by molar-refractivity contribution is -0.158. The van der Waals surface area contributed by atoms with Crippen LogP contribution in [0.2, 0.25) is 25.7 Å². The van der Waals surface area contributed by atoms with E-state index in [9.17, 15) is 14.7 Å². The number of aliphatic hydroxyl groups is 1. The molecule has 27 heavy (non-hydrogen) atoms. The molecule has 1 amide bonds. The molecule has 2 aliphatic heterocycles. The number of fused-ring (bicyclic) bond motifs is 1. The number of esters is 1. The van der Waals surface area contributed by atoms with E-state index in [2.05, 4.69) is 29.7 Å². The lowest BCUT2D eigenvalue weighted by Crippen LogP contribution is -2.60. The van der Waals surface area contributed by atoms with Gasteiger partial charge in [-0.1, -0.05) is 36.5 Å². The second-order valence-corrected chi connectivity index (χ2v) is 14.5. The summed E-state index contributed by atoms with van der Waals surface area (Å²) in [6, 6.07) is 0.838. The number of amides is 1. The van der Waals surface area contributed by atoms with Gasteiger partial charge < -0.3 is 14.6 Å². The maximum atomic E-state index is 12.6. The number of aliphatic hydroxyl groups excluding tert-OH is 1. The van der Waals surface area contributed by atoms with Gasteiger partial charge >= 0.3 is 5.97 Å². The molecule has 1 N–H and O–H groups in total. The summed E-state index contributed by atoms with van der Waals surface area (Å²) in [5.41, 5.74) is 8.50. The number of hydrogen-bond acceptors (Lipinski definition) is 7. The van der Waals surface area contributed by atoms with Crippen molar-refractivity contribution in [1.29, 1.82) is 0 Å². The molecule has 1 fully saturated rings. The lowest BCUT2D eigenvalue weighted by Gasteiger charge is -2.43. The van der Waals surface area contributed by atoms with Crippen LogP contribution in [-0.2, 0) is 19.1 Å². The number of hydrogen-bond donors (Lipinski definition) is 1. The monoisotopic (exact) mass is 414 g/mol. The van der Waals surface area contributed by atoms with Gasteiger partial charge in [-0.25, -0.2) is 4.79 Å². The van der Waals surface area contributed by atoms with Crippen LogP contribution in [0.25, 0.3) is 10.4 Å². The molecule has 0 aliphatic carbocycles. The average Bonchev–Trinajstić information content (AvgIpc) is 2.87. The van der Waals surface area contributed by atoms with Gasteiger partial charge in [0.15, 0.2) is 0 Å². The molecular formula is C16H26N4O5SSi. The molecule has 0 bridgehead atoms. The molecule has 0 saturated carbocycles. The third-order valence-electron chi connectivity index (χ3n) is 4.28. The van der Waals surface area contributed by atoms with E-state index in [0.29, 0.717) is 11.5 Å². The van der Waals surface area contributed by atoms with Gasteiger partial charge in [-0.05, 0) is 18.5 Å². The molecule has 0 aromatic carbocycles. The third-order valence-corrected chi connectivity index (χ3v) is 7.33. The Morgan fingerprint density at radius 2 is 2.15 bits per heavy atom. The quantitative estimate of drug-likeness (QED) is 0.111. The molecule has 2 unspecified atom stereocenters. The molecule has 1 saturated heterocycles. The first-order valence-electron chi connectivity index (χ1n) is 8.84. The maximum Gasteiger partial charge on any atom is 0.355 e. The summed E-state index contributed by atoms with van der Waals surface area (Å²) in [5, 5.41) is 12.9. The Balaban J connectivity index is 2.07. The minimum atomic E-state index is -1.35. The molecule has 0 spiro atoms. The largest absolute Gasteiger partial charge is 0.461 e. The maximum absolute atomic E-state index is 12.6. The molecule has 0 aromatic heterocycles. The Labute approximate surface area is 163 Å². The van der Waals surface area contributed by atoms with Crippen LogP contribution in [0.5, 0.6) is 0 Å². The topological polar surface area (TPSA) is 125 Å². The van der Waals surface area contributed by atoms with Crippen molar-refractivity contribution in [3.63, 3.8) is 0 Å². The van der Waals surface area contributed by atoms with Crippen LogP contribution in [-0.4, -0.2) is 67.8 Å². The molecule has 0 aromatic rings. The fraction of sp³-hybridized carbons (Fsp3) is 0.750. The predicted octanol–water partition coefficient (Wildman–Crippen LogP) is 2.32. The Morgan fingerprint density at radius 3 is 2.74 bits per heavy atom. The van der Waals surface area contributed by atoms with Crippen molar-refractivity contribution in [1.82, 2.24) is 4.90 Å². The van der Waals surface area contributed by atoms with Crippen LogP contribution < -0.4 is 0 Å². The second-order valence-electron chi connectivity index (χ2n) is 7.71. The highest BCUT2D eigenvalue weighted by Crippen LogP contribution is 2.50. The molecule has 11 heteroatoms. The van der Waals surface area contributed by atoms with Crippen molar-refractivity contribution in [2.45, 2.75) is 44.1 Å². The Bertz CT molecular complexity index is 672.